The summed E-state index contributed by atoms with van der Waals surface area (Å²) >= 11 is 0. The van der Waals surface area contributed by atoms with Crippen LogP contribution in [-0.4, -0.2) is 34.2 Å². The summed E-state index contributed by atoms with van der Waals surface area (Å²) < 4.78 is 1.96. The van der Waals surface area contributed by atoms with Crippen LogP contribution in [0, 0.1) is 17.8 Å². The Balaban J connectivity index is 1.20. The van der Waals surface area contributed by atoms with Gasteiger partial charge < -0.3 is 9.67 Å². The molecule has 3 aromatic rings. The molecule has 4 heteroatoms. The zero-order valence-corrected chi connectivity index (χ0v) is 18.0. The molecule has 2 aliphatic heterocycles. The van der Waals surface area contributed by atoms with Gasteiger partial charge in [-0.3, -0.25) is 9.69 Å². The largest absolute Gasteiger partial charge is 0.379 e. The van der Waals surface area contributed by atoms with Gasteiger partial charge in [0.05, 0.1) is 6.54 Å². The van der Waals surface area contributed by atoms with Crippen molar-refractivity contribution >= 4 is 0 Å². The van der Waals surface area contributed by atoms with Crippen molar-refractivity contribution in [3.8, 4) is 23.0 Å². The molecule has 160 valence electrons. The lowest BCUT2D eigenvalue weighted by atomic mass is 9.83. The highest BCUT2D eigenvalue weighted by atomic mass is 16.3. The van der Waals surface area contributed by atoms with Gasteiger partial charge in [-0.05, 0) is 40.7 Å². The van der Waals surface area contributed by atoms with Crippen LogP contribution in [-0.2, 0) is 12.1 Å². The molecule has 1 fully saturated rings. The van der Waals surface area contributed by atoms with E-state index in [1.165, 1.54) is 5.69 Å². The van der Waals surface area contributed by atoms with Crippen LogP contribution in [0.4, 0.5) is 0 Å². The van der Waals surface area contributed by atoms with Gasteiger partial charge >= 0.3 is 0 Å². The first-order valence-corrected chi connectivity index (χ1v) is 11.4. The van der Waals surface area contributed by atoms with Crippen LogP contribution in [0.1, 0.15) is 35.6 Å². The van der Waals surface area contributed by atoms with Crippen molar-refractivity contribution in [2.45, 2.75) is 30.9 Å². The molecule has 32 heavy (non-hydrogen) atoms. The molecule has 1 aliphatic carbocycles. The molecule has 1 N–H and O–H groups in total. The summed E-state index contributed by atoms with van der Waals surface area (Å²) in [6, 6.07) is 21.8. The van der Waals surface area contributed by atoms with Crippen LogP contribution in [0.3, 0.4) is 0 Å². The second-order valence-corrected chi connectivity index (χ2v) is 9.37. The number of pyridine rings is 1. The fourth-order valence-corrected chi connectivity index (χ4v) is 5.98. The number of hydrogen-bond acceptors (Lipinski definition) is 3. The lowest BCUT2D eigenvalue weighted by molar-refractivity contribution is 0.0913. The SMILES string of the molecule is O=c1cccc2n1CC1CC2CN(CC#CCC2(O)c3ccccc3-c3ccccc32)C1. The Morgan fingerprint density at radius 3 is 2.34 bits per heavy atom. The lowest BCUT2D eigenvalue weighted by Crippen LogP contribution is -2.47. The maximum atomic E-state index is 12.2. The molecule has 2 aromatic carbocycles. The lowest BCUT2D eigenvalue weighted by Gasteiger charge is -2.42. The number of likely N-dealkylation sites (tertiary alicyclic amines) is 1. The van der Waals surface area contributed by atoms with Crippen molar-refractivity contribution in [3.05, 3.63) is 93.9 Å². The third kappa shape index (κ3) is 3.04. The molecule has 1 aromatic heterocycles. The summed E-state index contributed by atoms with van der Waals surface area (Å²) in [5, 5.41) is 11.7. The van der Waals surface area contributed by atoms with Gasteiger partial charge in [-0.15, -0.1) is 0 Å². The maximum Gasteiger partial charge on any atom is 0.250 e. The van der Waals surface area contributed by atoms with Gasteiger partial charge in [0, 0.05) is 43.7 Å². The maximum absolute atomic E-state index is 12.2. The van der Waals surface area contributed by atoms with E-state index in [1.807, 2.05) is 47.0 Å². The third-order valence-electron chi connectivity index (χ3n) is 7.36. The summed E-state index contributed by atoms with van der Waals surface area (Å²) in [6.45, 7) is 3.42. The van der Waals surface area contributed by atoms with Gasteiger partial charge in [-0.1, -0.05) is 66.4 Å². The Hall–Kier alpha value is -3.13. The van der Waals surface area contributed by atoms with E-state index in [1.54, 1.807) is 6.07 Å². The molecule has 4 nitrogen and oxygen atoms in total. The molecule has 6 rings (SSSR count). The number of hydrogen-bond donors (Lipinski definition) is 1. The summed E-state index contributed by atoms with van der Waals surface area (Å²) in [7, 11) is 0. The van der Waals surface area contributed by atoms with Crippen molar-refractivity contribution in [2.75, 3.05) is 19.6 Å². The van der Waals surface area contributed by atoms with Gasteiger partial charge in [0.1, 0.15) is 5.60 Å². The highest BCUT2D eigenvalue weighted by molar-refractivity contribution is 5.80. The molecule has 2 bridgehead atoms. The first-order chi connectivity index (χ1) is 15.6. The average Bonchev–Trinajstić information content (AvgIpc) is 3.07. The molecule has 0 saturated carbocycles. The van der Waals surface area contributed by atoms with E-state index in [9.17, 15) is 9.90 Å². The van der Waals surface area contributed by atoms with Crippen LogP contribution in [0.5, 0.6) is 0 Å². The van der Waals surface area contributed by atoms with E-state index in [0.29, 0.717) is 24.8 Å². The Kier molecular flexibility index (Phi) is 4.57. The average molecular weight is 423 g/mol. The molecule has 1 saturated heterocycles. The quantitative estimate of drug-likeness (QED) is 0.642. The number of aliphatic hydroxyl groups is 1. The molecule has 2 unspecified atom stereocenters. The fourth-order valence-electron chi connectivity index (χ4n) is 5.98. The van der Waals surface area contributed by atoms with E-state index in [2.05, 4.69) is 34.9 Å². The Bertz CT molecular complexity index is 1270. The molecular weight excluding hydrogens is 396 g/mol. The minimum Gasteiger partial charge on any atom is -0.379 e. The summed E-state index contributed by atoms with van der Waals surface area (Å²) in [5.74, 6) is 7.53. The van der Waals surface area contributed by atoms with Gasteiger partial charge in [0.25, 0.3) is 5.56 Å². The highest BCUT2D eigenvalue weighted by Crippen LogP contribution is 2.48. The second kappa shape index (κ2) is 7.48. The first-order valence-electron chi connectivity index (χ1n) is 11.4. The highest BCUT2D eigenvalue weighted by Gasteiger charge is 2.40. The minimum atomic E-state index is -1.06. The third-order valence-corrected chi connectivity index (χ3v) is 7.36. The number of rotatable bonds is 2. The topological polar surface area (TPSA) is 45.5 Å². The normalized spacial score (nSPS) is 22.3. The molecule has 3 heterocycles. The Morgan fingerprint density at radius 2 is 1.59 bits per heavy atom. The van der Waals surface area contributed by atoms with E-state index in [0.717, 1.165) is 48.3 Å². The van der Waals surface area contributed by atoms with Gasteiger partial charge in [0.15, 0.2) is 0 Å². The zero-order chi connectivity index (χ0) is 21.7. The van der Waals surface area contributed by atoms with E-state index < -0.39 is 5.60 Å². The van der Waals surface area contributed by atoms with Crippen molar-refractivity contribution in [3.63, 3.8) is 0 Å². The fraction of sp³-hybridized carbons (Fsp3) is 0.321. The molecule has 0 spiro atoms. The molecule has 2 atom stereocenters. The smallest absolute Gasteiger partial charge is 0.250 e. The zero-order valence-electron chi connectivity index (χ0n) is 18.0. The standard InChI is InChI=1S/C28H26N2O2/c31-27-13-7-12-26-21-16-20(18-30(26)27)17-29(19-21)15-6-5-14-28(32)24-10-3-1-8-22(24)23-9-2-4-11-25(23)28/h1-4,7-13,20-21,32H,14-19H2. The molecular formula is C28H26N2O2. The summed E-state index contributed by atoms with van der Waals surface area (Å²) in [4.78, 5) is 14.6. The number of piperidine rings is 1. The monoisotopic (exact) mass is 422 g/mol. The molecule has 0 radical (unpaired) electrons. The second-order valence-electron chi connectivity index (χ2n) is 9.37. The number of fused-ring (bicyclic) bond motifs is 7. The number of nitrogens with zero attached hydrogens (tertiary/aromatic N) is 2. The van der Waals surface area contributed by atoms with Crippen LogP contribution in [0.2, 0.25) is 0 Å². The number of benzene rings is 2. The number of aromatic nitrogens is 1. The predicted molar refractivity (Wildman–Crippen MR) is 125 cm³/mol. The van der Waals surface area contributed by atoms with Gasteiger partial charge in [-0.25, -0.2) is 0 Å². The Morgan fingerprint density at radius 1 is 0.875 bits per heavy atom. The van der Waals surface area contributed by atoms with Gasteiger partial charge in [0.2, 0.25) is 0 Å². The van der Waals surface area contributed by atoms with Crippen molar-refractivity contribution in [1.29, 1.82) is 0 Å². The van der Waals surface area contributed by atoms with E-state index >= 15 is 0 Å². The summed E-state index contributed by atoms with van der Waals surface area (Å²) in [5.41, 5.74) is 4.33. The van der Waals surface area contributed by atoms with E-state index in [4.69, 9.17) is 0 Å². The first kappa shape index (κ1) is 19.5. The summed E-state index contributed by atoms with van der Waals surface area (Å²) in [6.07, 6.45) is 1.54. The predicted octanol–water partition coefficient (Wildman–Crippen LogP) is 3.58. The molecule has 3 aliphatic rings. The van der Waals surface area contributed by atoms with Crippen molar-refractivity contribution in [1.82, 2.24) is 9.47 Å². The Labute approximate surface area is 188 Å². The van der Waals surface area contributed by atoms with Crippen LogP contribution in [0.25, 0.3) is 11.1 Å². The minimum absolute atomic E-state index is 0.121. The van der Waals surface area contributed by atoms with Crippen molar-refractivity contribution < 1.29 is 5.11 Å². The van der Waals surface area contributed by atoms with Crippen LogP contribution in [0.15, 0.2) is 71.5 Å². The van der Waals surface area contributed by atoms with Crippen LogP contribution >= 0.6 is 0 Å². The van der Waals surface area contributed by atoms with Gasteiger partial charge in [-0.2, -0.15) is 0 Å². The van der Waals surface area contributed by atoms with Crippen LogP contribution < -0.4 is 5.56 Å². The molecule has 0 amide bonds. The van der Waals surface area contributed by atoms with Crippen molar-refractivity contribution in [2.24, 2.45) is 5.92 Å². The van der Waals surface area contributed by atoms with E-state index in [-0.39, 0.29) is 5.56 Å².